The van der Waals surface area contributed by atoms with Gasteiger partial charge in [0, 0.05) is 0 Å². The van der Waals surface area contributed by atoms with Crippen molar-refractivity contribution in [2.24, 2.45) is 0 Å². The molecule has 76 heavy (non-hydrogen) atoms. The maximum atomic E-state index is 7.39. The van der Waals surface area contributed by atoms with Gasteiger partial charge < -0.3 is 49.4 Å². The first-order valence-corrected chi connectivity index (χ1v) is 80.7. The van der Waals surface area contributed by atoms with Gasteiger partial charge in [-0.1, -0.05) is 32.1 Å². The molecular weight excluding hydrogens is 1250 g/mol. The first-order chi connectivity index (χ1) is 34.0. The Bertz CT molecular complexity index is 1600. The molecule has 30 heteroatoms. The molecule has 458 valence electrons. The molecule has 0 aliphatic rings. The van der Waals surface area contributed by atoms with E-state index in [4.69, 9.17) is 49.4 Å². The standard InChI is InChI=1S/C46H130O12Si18/c1-59(2)47-72(27,48-60(3)4)42-32-39-68(19,20)56-74(29,51-63(9)10)44-34-37-66(15,16)54-71(25,26)55-67(17,18)38-35-45-75(30,52-64(11)12)58-70(23,24)41-36-46-76(31,53-65(13)14)57-69(21,22)40-33-43-73(28,49-61(5)6)50-62(7)8/h59-65H,32-46H2,1-31H3. The minimum atomic E-state index is -2.43. The van der Waals surface area contributed by atoms with E-state index >= 15 is 0 Å². The highest BCUT2D eigenvalue weighted by molar-refractivity contribution is 6.90. The van der Waals surface area contributed by atoms with Crippen molar-refractivity contribution in [1.29, 1.82) is 0 Å². The van der Waals surface area contributed by atoms with E-state index in [1.807, 2.05) is 0 Å². The van der Waals surface area contributed by atoms with Gasteiger partial charge in [0.15, 0.2) is 105 Å². The Kier molecular flexibility index (Phi) is 35.6. The van der Waals surface area contributed by atoms with E-state index in [1.165, 1.54) is 0 Å². The van der Waals surface area contributed by atoms with Crippen LogP contribution in [-0.2, 0) is 49.4 Å². The second-order valence-corrected chi connectivity index (χ2v) is 90.9. The Labute approximate surface area is 497 Å². The molecule has 0 aromatic heterocycles. The zero-order chi connectivity index (χ0) is 59.6. The summed E-state index contributed by atoms with van der Waals surface area (Å²) in [5.41, 5.74) is 0. The van der Waals surface area contributed by atoms with Crippen LogP contribution in [0.3, 0.4) is 0 Å². The van der Waals surface area contributed by atoms with Crippen LogP contribution in [0.5, 0.6) is 0 Å². The number of rotatable bonds is 44. The Morgan fingerprint density at radius 2 is 0.342 bits per heavy atom. The van der Waals surface area contributed by atoms with Gasteiger partial charge in [-0.15, -0.1) is 0 Å². The lowest BCUT2D eigenvalue weighted by Gasteiger charge is -2.41. The molecule has 0 aliphatic carbocycles. The smallest absolute Gasteiger partial charge is 0.314 e. The minimum Gasteiger partial charge on any atom is -0.439 e. The van der Waals surface area contributed by atoms with Gasteiger partial charge in [-0.2, -0.15) is 0 Å². The monoisotopic (exact) mass is 1380 g/mol. The Morgan fingerprint density at radius 1 is 0.197 bits per heavy atom. The van der Waals surface area contributed by atoms with Gasteiger partial charge in [0.25, 0.3) is 0 Å². The summed E-state index contributed by atoms with van der Waals surface area (Å²) in [6, 6.07) is 10.7. The Morgan fingerprint density at radius 3 is 0.513 bits per heavy atom. The van der Waals surface area contributed by atoms with Crippen LogP contribution >= 0.6 is 0 Å². The van der Waals surface area contributed by atoms with E-state index in [1.54, 1.807) is 0 Å². The largest absolute Gasteiger partial charge is 0.439 e. The topological polar surface area (TPSA) is 111 Å². The molecule has 3 unspecified atom stereocenters. The predicted molar refractivity (Wildman–Crippen MR) is 379 cm³/mol. The summed E-state index contributed by atoms with van der Waals surface area (Å²) < 4.78 is 83.6. The maximum Gasteiger partial charge on any atom is 0.314 e. The average molecular weight is 1380 g/mol. The molecule has 12 nitrogen and oxygen atoms in total. The molecule has 0 amide bonds. The van der Waals surface area contributed by atoms with Crippen LogP contribution in [0.4, 0.5) is 0 Å². The molecule has 0 aromatic carbocycles. The summed E-state index contributed by atoms with van der Waals surface area (Å²) in [5.74, 6) is 0. The fourth-order valence-corrected chi connectivity index (χ4v) is 85.7. The summed E-state index contributed by atoms with van der Waals surface area (Å²) in [7, 11) is -32.7. The third kappa shape index (κ3) is 38.5. The summed E-state index contributed by atoms with van der Waals surface area (Å²) in [4.78, 5) is 0. The molecule has 0 rings (SSSR count). The zero-order valence-electron chi connectivity index (χ0n) is 56.0. The fourth-order valence-electron chi connectivity index (χ4n) is 11.7. The maximum absolute atomic E-state index is 7.39. The SMILES string of the molecule is C[SiH](C)O[Si](C)(CCC[Si](C)(C)O[Si](C)(CCC[Si](C)(C)O[Si](C)(C)O[Si](C)(C)CCC[Si](C)(O[SiH](C)C)O[Si](C)(C)CCC[Si](C)(O[SiH](C)C)O[Si](C)(C)CCC[Si](C)(O[SiH](C)C)O[SiH](C)C)O[SiH](C)C)O[SiH](C)C. The highest BCUT2D eigenvalue weighted by Gasteiger charge is 2.46. The quantitative estimate of drug-likeness (QED) is 0.0542. The molecule has 0 bridgehead atoms. The third-order valence-electron chi connectivity index (χ3n) is 13.0. The Balaban J connectivity index is 5.69. The van der Waals surface area contributed by atoms with Gasteiger partial charge in [0.05, 0.1) is 0 Å². The van der Waals surface area contributed by atoms with E-state index in [-0.39, 0.29) is 0 Å². The van der Waals surface area contributed by atoms with E-state index in [2.05, 4.69) is 203 Å². The lowest BCUT2D eigenvalue weighted by atomic mass is 10.6. The van der Waals surface area contributed by atoms with Crippen LogP contribution in [-0.4, -0.2) is 156 Å². The highest BCUT2D eigenvalue weighted by atomic mass is 28.5. The van der Waals surface area contributed by atoms with Crippen LogP contribution in [0.25, 0.3) is 0 Å². The van der Waals surface area contributed by atoms with Crippen molar-refractivity contribution in [3.63, 3.8) is 0 Å². The van der Waals surface area contributed by atoms with Gasteiger partial charge >= 0.3 is 51.4 Å². The van der Waals surface area contributed by atoms with Crippen LogP contribution in [0, 0.1) is 0 Å². The van der Waals surface area contributed by atoms with Crippen LogP contribution in [0.15, 0.2) is 0 Å². The summed E-state index contributed by atoms with van der Waals surface area (Å²) in [6.45, 7) is 72.4. The third-order valence-corrected chi connectivity index (χ3v) is 74.4. The molecule has 0 N–H and O–H groups in total. The summed E-state index contributed by atoms with van der Waals surface area (Å²) in [6.07, 6.45) is 5.48. The lowest BCUT2D eigenvalue weighted by Crippen LogP contribution is -2.53. The van der Waals surface area contributed by atoms with E-state index < -0.39 is 156 Å². The molecule has 0 saturated heterocycles. The minimum absolute atomic E-state index is 1.01. The van der Waals surface area contributed by atoms with Crippen molar-refractivity contribution in [1.82, 2.24) is 0 Å². The molecule has 0 radical (unpaired) electrons. The molecule has 0 fully saturated rings. The van der Waals surface area contributed by atoms with Gasteiger partial charge in [-0.3, -0.25) is 0 Å². The van der Waals surface area contributed by atoms with Crippen molar-refractivity contribution < 1.29 is 49.4 Å². The molecular formula is C46H130O12Si18. The van der Waals surface area contributed by atoms with Crippen LogP contribution < -0.4 is 0 Å². The van der Waals surface area contributed by atoms with Crippen molar-refractivity contribution in [3.05, 3.63) is 0 Å². The summed E-state index contributed by atoms with van der Waals surface area (Å²) >= 11 is 0. The van der Waals surface area contributed by atoms with Crippen molar-refractivity contribution in [2.75, 3.05) is 0 Å². The van der Waals surface area contributed by atoms with Crippen LogP contribution in [0.2, 0.25) is 263 Å². The number of hydrogen-bond donors (Lipinski definition) is 0. The highest BCUT2D eigenvalue weighted by Crippen LogP contribution is 2.35. The lowest BCUT2D eigenvalue weighted by molar-refractivity contribution is 0.379. The second kappa shape index (κ2) is 34.1. The van der Waals surface area contributed by atoms with E-state index in [0.29, 0.717) is 0 Å². The normalized spacial score (nSPS) is 16.8. The van der Waals surface area contributed by atoms with E-state index in [9.17, 15) is 0 Å². The first-order valence-electron chi connectivity index (χ1n) is 30.2. The molecule has 0 aliphatic heterocycles. The predicted octanol–water partition coefficient (Wildman–Crippen LogP) is 15.1. The van der Waals surface area contributed by atoms with Crippen LogP contribution in [0.1, 0.15) is 32.1 Å². The zero-order valence-corrected chi connectivity index (χ0v) is 75.1. The first kappa shape index (κ1) is 79.4. The summed E-state index contributed by atoms with van der Waals surface area (Å²) in [5, 5.41) is 0. The van der Waals surface area contributed by atoms with Gasteiger partial charge in [-0.25, -0.2) is 0 Å². The molecule has 0 heterocycles. The number of hydrogen-bond acceptors (Lipinski definition) is 12. The fraction of sp³-hybridized carbons (Fsp3) is 1.00. The van der Waals surface area contributed by atoms with Gasteiger partial charge in [0.1, 0.15) is 0 Å². The van der Waals surface area contributed by atoms with Crippen molar-refractivity contribution in [2.45, 2.75) is 296 Å². The molecule has 0 aromatic rings. The van der Waals surface area contributed by atoms with Crippen molar-refractivity contribution >= 4 is 156 Å². The second-order valence-electron chi connectivity index (χ2n) is 28.8. The molecule has 0 spiro atoms. The van der Waals surface area contributed by atoms with Gasteiger partial charge in [-0.05, 0) is 263 Å². The molecule has 3 atom stereocenters. The van der Waals surface area contributed by atoms with E-state index in [0.717, 1.165) is 92.5 Å². The van der Waals surface area contributed by atoms with Gasteiger partial charge in [0.2, 0.25) is 0 Å². The molecule has 0 saturated carbocycles. The average Bonchev–Trinajstić information content (AvgIpc) is 3.09. The Hall–Kier alpha value is 3.42. The van der Waals surface area contributed by atoms with Crippen molar-refractivity contribution in [3.8, 4) is 0 Å².